The van der Waals surface area contributed by atoms with Crippen LogP contribution in [0.15, 0.2) is 30.6 Å². The van der Waals surface area contributed by atoms with Gasteiger partial charge in [0.15, 0.2) is 0 Å². The molecule has 1 aliphatic heterocycles. The Morgan fingerprint density at radius 2 is 1.78 bits per heavy atom. The van der Waals surface area contributed by atoms with Crippen LogP contribution in [0, 0.1) is 0 Å². The second kappa shape index (κ2) is 3.76. The minimum absolute atomic E-state index is 0.292. The molecule has 2 heterocycles. The molecule has 6 nitrogen and oxygen atoms in total. The van der Waals surface area contributed by atoms with Crippen molar-refractivity contribution in [3.8, 4) is 0 Å². The van der Waals surface area contributed by atoms with E-state index in [4.69, 9.17) is 0 Å². The number of imide groups is 1. The lowest BCUT2D eigenvalue weighted by Gasteiger charge is -2.19. The Kier molecular flexibility index (Phi) is 2.22. The Morgan fingerprint density at radius 3 is 2.28 bits per heavy atom. The zero-order valence-corrected chi connectivity index (χ0v) is 9.62. The van der Waals surface area contributed by atoms with Crippen LogP contribution in [0.2, 0.25) is 0 Å². The van der Waals surface area contributed by atoms with Gasteiger partial charge in [-0.05, 0) is 19.1 Å². The predicted molar refractivity (Wildman–Crippen MR) is 61.7 cm³/mol. The third-order valence-corrected chi connectivity index (χ3v) is 3.04. The fourth-order valence-corrected chi connectivity index (χ4v) is 2.10. The van der Waals surface area contributed by atoms with Crippen molar-refractivity contribution in [3.05, 3.63) is 47.5 Å². The molecule has 0 radical (unpaired) electrons. The van der Waals surface area contributed by atoms with Gasteiger partial charge in [-0.25, -0.2) is 4.98 Å². The number of aromatic nitrogens is 3. The van der Waals surface area contributed by atoms with Gasteiger partial charge in [0.25, 0.3) is 11.8 Å². The van der Waals surface area contributed by atoms with Gasteiger partial charge in [-0.15, -0.1) is 0 Å². The maximum Gasteiger partial charge on any atom is 0.262 e. The Morgan fingerprint density at radius 1 is 1.17 bits per heavy atom. The molecule has 0 fully saturated rings. The summed E-state index contributed by atoms with van der Waals surface area (Å²) in [7, 11) is 0. The molecule has 3 rings (SSSR count). The van der Waals surface area contributed by atoms with Gasteiger partial charge in [0.1, 0.15) is 12.2 Å². The van der Waals surface area contributed by atoms with E-state index in [2.05, 4.69) is 15.2 Å². The van der Waals surface area contributed by atoms with E-state index in [9.17, 15) is 9.59 Å². The highest BCUT2D eigenvalue weighted by molar-refractivity contribution is 6.21. The van der Waals surface area contributed by atoms with E-state index in [0.717, 1.165) is 0 Å². The molecule has 0 saturated carbocycles. The second-order valence-corrected chi connectivity index (χ2v) is 4.07. The van der Waals surface area contributed by atoms with Crippen molar-refractivity contribution < 1.29 is 9.59 Å². The van der Waals surface area contributed by atoms with Crippen LogP contribution in [0.3, 0.4) is 0 Å². The van der Waals surface area contributed by atoms with Crippen LogP contribution >= 0.6 is 0 Å². The van der Waals surface area contributed by atoms with E-state index in [0.29, 0.717) is 17.0 Å². The standard InChI is InChI=1S/C12H10N4O2/c1-7(10-13-6-14-15-10)16-11(17)8-4-2-3-5-9(8)12(16)18/h2-7H,1H3,(H,13,14,15)/t7-/m1/s1. The smallest absolute Gasteiger partial charge is 0.262 e. The highest BCUT2D eigenvalue weighted by Gasteiger charge is 2.39. The Bertz CT molecular complexity index is 586. The largest absolute Gasteiger partial charge is 0.269 e. The summed E-state index contributed by atoms with van der Waals surface area (Å²) in [6.07, 6.45) is 1.35. The molecule has 1 aliphatic rings. The van der Waals surface area contributed by atoms with Gasteiger partial charge < -0.3 is 0 Å². The van der Waals surface area contributed by atoms with Crippen molar-refractivity contribution in [1.29, 1.82) is 0 Å². The lowest BCUT2D eigenvalue weighted by Crippen LogP contribution is -2.33. The number of amides is 2. The fraction of sp³-hybridized carbons (Fsp3) is 0.167. The topological polar surface area (TPSA) is 79.0 Å². The number of nitrogens with one attached hydrogen (secondary N) is 1. The number of hydrogen-bond acceptors (Lipinski definition) is 4. The van der Waals surface area contributed by atoms with Gasteiger partial charge in [-0.1, -0.05) is 12.1 Å². The van der Waals surface area contributed by atoms with Crippen LogP contribution < -0.4 is 0 Å². The van der Waals surface area contributed by atoms with Gasteiger partial charge in [-0.2, -0.15) is 5.10 Å². The van der Waals surface area contributed by atoms with Gasteiger partial charge in [0.05, 0.1) is 17.2 Å². The molecule has 1 aromatic heterocycles. The second-order valence-electron chi connectivity index (χ2n) is 4.07. The first-order valence-corrected chi connectivity index (χ1v) is 5.52. The molecule has 0 unspecified atom stereocenters. The SMILES string of the molecule is C[C@H](c1ncn[nH]1)N1C(=O)c2ccccc2C1=O. The molecule has 0 saturated heterocycles. The summed E-state index contributed by atoms with van der Waals surface area (Å²) in [5.41, 5.74) is 0.878. The van der Waals surface area contributed by atoms with Crippen molar-refractivity contribution >= 4 is 11.8 Å². The molecule has 0 bridgehead atoms. The average Bonchev–Trinajstić information content (AvgIpc) is 2.99. The zero-order valence-electron chi connectivity index (χ0n) is 9.62. The number of carbonyl (C=O) groups excluding carboxylic acids is 2. The van der Waals surface area contributed by atoms with Crippen LogP contribution in [0.25, 0.3) is 0 Å². The van der Waals surface area contributed by atoms with E-state index in [1.165, 1.54) is 11.2 Å². The number of benzene rings is 1. The molecule has 6 heteroatoms. The predicted octanol–water partition coefficient (Wildman–Crippen LogP) is 1.16. The highest BCUT2D eigenvalue weighted by Crippen LogP contribution is 2.29. The first-order chi connectivity index (χ1) is 8.70. The number of H-pyrrole nitrogens is 1. The quantitative estimate of drug-likeness (QED) is 0.801. The van der Waals surface area contributed by atoms with Crippen LogP contribution in [0.4, 0.5) is 0 Å². The van der Waals surface area contributed by atoms with E-state index in [1.54, 1.807) is 31.2 Å². The lowest BCUT2D eigenvalue weighted by atomic mass is 10.1. The van der Waals surface area contributed by atoms with Crippen LogP contribution in [-0.4, -0.2) is 31.9 Å². The van der Waals surface area contributed by atoms with Gasteiger partial charge >= 0.3 is 0 Å². The van der Waals surface area contributed by atoms with Crippen molar-refractivity contribution in [2.45, 2.75) is 13.0 Å². The summed E-state index contributed by atoms with van der Waals surface area (Å²) in [4.78, 5) is 29.6. The summed E-state index contributed by atoms with van der Waals surface area (Å²) >= 11 is 0. The first kappa shape index (κ1) is 10.6. The maximum absolute atomic E-state index is 12.2. The maximum atomic E-state index is 12.2. The molecule has 18 heavy (non-hydrogen) atoms. The van der Waals surface area contributed by atoms with Crippen molar-refractivity contribution in [2.24, 2.45) is 0 Å². The van der Waals surface area contributed by atoms with Crippen LogP contribution in [-0.2, 0) is 0 Å². The van der Waals surface area contributed by atoms with E-state index >= 15 is 0 Å². The van der Waals surface area contributed by atoms with E-state index in [1.807, 2.05) is 0 Å². The molecular weight excluding hydrogens is 232 g/mol. The number of fused-ring (bicyclic) bond motifs is 1. The van der Waals surface area contributed by atoms with Gasteiger partial charge in [-0.3, -0.25) is 19.6 Å². The number of hydrogen-bond donors (Lipinski definition) is 1. The first-order valence-electron chi connectivity index (χ1n) is 5.52. The molecular formula is C12H10N4O2. The molecule has 2 amide bonds. The highest BCUT2D eigenvalue weighted by atomic mass is 16.2. The third kappa shape index (κ3) is 1.35. The summed E-state index contributed by atoms with van der Waals surface area (Å²) in [6.45, 7) is 1.74. The molecule has 1 aromatic carbocycles. The van der Waals surface area contributed by atoms with Crippen molar-refractivity contribution in [2.75, 3.05) is 0 Å². The minimum Gasteiger partial charge on any atom is -0.269 e. The van der Waals surface area contributed by atoms with Crippen LogP contribution in [0.1, 0.15) is 39.5 Å². The molecule has 1 atom stereocenters. The summed E-state index contributed by atoms with van der Waals surface area (Å²) in [5.74, 6) is -0.0940. The van der Waals surface area contributed by atoms with E-state index < -0.39 is 6.04 Å². The van der Waals surface area contributed by atoms with Crippen molar-refractivity contribution in [1.82, 2.24) is 20.1 Å². The Hall–Kier alpha value is -2.50. The monoisotopic (exact) mass is 242 g/mol. The Balaban J connectivity index is 2.02. The molecule has 90 valence electrons. The summed E-state index contributed by atoms with van der Waals surface area (Å²) in [6, 6.07) is 6.34. The number of carbonyl (C=O) groups is 2. The van der Waals surface area contributed by atoms with Crippen LogP contribution in [0.5, 0.6) is 0 Å². The summed E-state index contributed by atoms with van der Waals surface area (Å²) in [5, 5.41) is 6.40. The molecule has 0 spiro atoms. The molecule has 1 N–H and O–H groups in total. The van der Waals surface area contributed by atoms with Gasteiger partial charge in [0.2, 0.25) is 0 Å². The molecule has 2 aromatic rings. The van der Waals surface area contributed by atoms with Crippen molar-refractivity contribution in [3.63, 3.8) is 0 Å². The average molecular weight is 242 g/mol. The third-order valence-electron chi connectivity index (χ3n) is 3.04. The minimum atomic E-state index is -0.458. The van der Waals surface area contributed by atoms with Gasteiger partial charge in [0, 0.05) is 0 Å². The summed E-state index contributed by atoms with van der Waals surface area (Å²) < 4.78 is 0. The Labute approximate surface area is 103 Å². The number of aromatic amines is 1. The number of rotatable bonds is 2. The lowest BCUT2D eigenvalue weighted by molar-refractivity contribution is 0.0589. The fourth-order valence-electron chi connectivity index (χ4n) is 2.10. The normalized spacial score (nSPS) is 15.9. The van der Waals surface area contributed by atoms with E-state index in [-0.39, 0.29) is 11.8 Å². The molecule has 0 aliphatic carbocycles. The zero-order chi connectivity index (χ0) is 12.7. The number of nitrogens with zero attached hydrogens (tertiary/aromatic N) is 3.